The molecule has 0 saturated heterocycles. The largest absolute Gasteiger partial charge is 0.493 e. The molecule has 0 saturated carbocycles. The first kappa shape index (κ1) is 14.4. The SMILES string of the molecule is CCN(CC)C1(CN)CCCOc2c(C)cccc21. The van der Waals surface area contributed by atoms with Crippen LogP contribution in [0.4, 0.5) is 0 Å². The minimum Gasteiger partial charge on any atom is -0.493 e. The number of aryl methyl sites for hydroxylation is 1. The number of hydrogen-bond donors (Lipinski definition) is 1. The number of rotatable bonds is 4. The molecule has 0 spiro atoms. The Kier molecular flexibility index (Phi) is 4.48. The van der Waals surface area contributed by atoms with Crippen molar-refractivity contribution in [2.45, 2.75) is 39.2 Å². The Hall–Kier alpha value is -1.06. The molecule has 2 rings (SSSR count). The molecule has 1 heterocycles. The Morgan fingerprint density at radius 2 is 2.05 bits per heavy atom. The summed E-state index contributed by atoms with van der Waals surface area (Å²) in [5.41, 5.74) is 8.65. The Labute approximate surface area is 116 Å². The maximum absolute atomic E-state index is 6.23. The van der Waals surface area contributed by atoms with Gasteiger partial charge in [0.15, 0.2) is 0 Å². The van der Waals surface area contributed by atoms with E-state index >= 15 is 0 Å². The molecule has 106 valence electrons. The Morgan fingerprint density at radius 1 is 1.32 bits per heavy atom. The molecule has 1 aliphatic heterocycles. The van der Waals surface area contributed by atoms with Gasteiger partial charge in [-0.25, -0.2) is 0 Å². The molecular weight excluding hydrogens is 236 g/mol. The Morgan fingerprint density at radius 3 is 2.68 bits per heavy atom. The lowest BCUT2D eigenvalue weighted by molar-refractivity contribution is 0.0953. The van der Waals surface area contributed by atoms with Crippen LogP contribution in [-0.2, 0) is 5.54 Å². The molecule has 3 nitrogen and oxygen atoms in total. The van der Waals surface area contributed by atoms with Crippen molar-refractivity contribution < 1.29 is 4.74 Å². The molecule has 2 N–H and O–H groups in total. The van der Waals surface area contributed by atoms with Gasteiger partial charge in [-0.05, 0) is 38.4 Å². The number of ether oxygens (including phenoxy) is 1. The third-order valence-corrected chi connectivity index (χ3v) is 4.40. The summed E-state index contributed by atoms with van der Waals surface area (Å²) in [7, 11) is 0. The molecule has 1 aromatic rings. The maximum atomic E-state index is 6.23. The first-order valence-corrected chi connectivity index (χ1v) is 7.37. The van der Waals surface area contributed by atoms with Crippen molar-refractivity contribution in [2.24, 2.45) is 5.73 Å². The van der Waals surface area contributed by atoms with E-state index in [1.807, 2.05) is 0 Å². The standard InChI is InChI=1S/C16H26N2O/c1-4-18(5-2)16(12-17)10-7-11-19-15-13(3)8-6-9-14(15)16/h6,8-9H,4-5,7,10-12,17H2,1-3H3. The summed E-state index contributed by atoms with van der Waals surface area (Å²) in [5.74, 6) is 1.05. The van der Waals surface area contributed by atoms with Crippen molar-refractivity contribution in [3.05, 3.63) is 29.3 Å². The molecule has 0 fully saturated rings. The zero-order chi connectivity index (χ0) is 13.9. The van der Waals surface area contributed by atoms with Gasteiger partial charge in [0.2, 0.25) is 0 Å². The quantitative estimate of drug-likeness (QED) is 0.906. The summed E-state index contributed by atoms with van der Waals surface area (Å²) in [6.07, 6.45) is 2.13. The smallest absolute Gasteiger partial charge is 0.127 e. The van der Waals surface area contributed by atoms with Gasteiger partial charge in [-0.2, -0.15) is 0 Å². The number of likely N-dealkylation sites (N-methyl/N-ethyl adjacent to an activating group) is 1. The van der Waals surface area contributed by atoms with Crippen LogP contribution in [0.2, 0.25) is 0 Å². The zero-order valence-corrected chi connectivity index (χ0v) is 12.4. The number of para-hydroxylation sites is 1. The maximum Gasteiger partial charge on any atom is 0.127 e. The fourth-order valence-corrected chi connectivity index (χ4v) is 3.38. The van der Waals surface area contributed by atoms with E-state index in [-0.39, 0.29) is 5.54 Å². The lowest BCUT2D eigenvalue weighted by atomic mass is 9.82. The third-order valence-electron chi connectivity index (χ3n) is 4.40. The average molecular weight is 262 g/mol. The van der Waals surface area contributed by atoms with Gasteiger partial charge in [-0.1, -0.05) is 32.0 Å². The highest BCUT2D eigenvalue weighted by Gasteiger charge is 2.39. The van der Waals surface area contributed by atoms with Gasteiger partial charge in [0.25, 0.3) is 0 Å². The lowest BCUT2D eigenvalue weighted by Crippen LogP contribution is -2.51. The van der Waals surface area contributed by atoms with Gasteiger partial charge in [-0.3, -0.25) is 4.90 Å². The minimum atomic E-state index is -0.0681. The van der Waals surface area contributed by atoms with E-state index < -0.39 is 0 Å². The van der Waals surface area contributed by atoms with E-state index in [4.69, 9.17) is 10.5 Å². The Balaban J connectivity index is 2.58. The minimum absolute atomic E-state index is 0.0681. The summed E-state index contributed by atoms with van der Waals surface area (Å²) < 4.78 is 5.99. The van der Waals surface area contributed by atoms with Crippen LogP contribution >= 0.6 is 0 Å². The van der Waals surface area contributed by atoms with Crippen molar-refractivity contribution in [3.8, 4) is 5.75 Å². The van der Waals surface area contributed by atoms with Crippen molar-refractivity contribution in [1.82, 2.24) is 4.90 Å². The first-order valence-electron chi connectivity index (χ1n) is 7.37. The summed E-state index contributed by atoms with van der Waals surface area (Å²) in [6, 6.07) is 6.43. The fraction of sp³-hybridized carbons (Fsp3) is 0.625. The van der Waals surface area contributed by atoms with Crippen LogP contribution in [0.15, 0.2) is 18.2 Å². The molecule has 0 radical (unpaired) electrons. The monoisotopic (exact) mass is 262 g/mol. The van der Waals surface area contributed by atoms with Crippen LogP contribution in [0.1, 0.15) is 37.8 Å². The molecular formula is C16H26N2O. The third kappa shape index (κ3) is 2.37. The predicted molar refractivity (Wildman–Crippen MR) is 79.6 cm³/mol. The highest BCUT2D eigenvalue weighted by atomic mass is 16.5. The summed E-state index contributed by atoms with van der Waals surface area (Å²) in [5, 5.41) is 0. The van der Waals surface area contributed by atoms with Crippen LogP contribution < -0.4 is 10.5 Å². The zero-order valence-electron chi connectivity index (χ0n) is 12.4. The average Bonchev–Trinajstić information content (AvgIpc) is 2.62. The van der Waals surface area contributed by atoms with Gasteiger partial charge in [-0.15, -0.1) is 0 Å². The van der Waals surface area contributed by atoms with E-state index in [2.05, 4.69) is 43.9 Å². The van der Waals surface area contributed by atoms with Gasteiger partial charge in [0, 0.05) is 12.1 Å². The molecule has 0 bridgehead atoms. The summed E-state index contributed by atoms with van der Waals surface area (Å²) in [4.78, 5) is 2.49. The number of fused-ring (bicyclic) bond motifs is 1. The van der Waals surface area contributed by atoms with Crippen LogP contribution in [0.25, 0.3) is 0 Å². The lowest BCUT2D eigenvalue weighted by Gasteiger charge is -2.43. The predicted octanol–water partition coefficient (Wildman–Crippen LogP) is 2.66. The molecule has 1 atom stereocenters. The summed E-state index contributed by atoms with van der Waals surface area (Å²) >= 11 is 0. The topological polar surface area (TPSA) is 38.5 Å². The number of benzene rings is 1. The second-order valence-corrected chi connectivity index (χ2v) is 5.31. The van der Waals surface area contributed by atoms with Gasteiger partial charge in [0.1, 0.15) is 5.75 Å². The second-order valence-electron chi connectivity index (χ2n) is 5.31. The van der Waals surface area contributed by atoms with E-state index in [9.17, 15) is 0 Å². The van der Waals surface area contributed by atoms with Crippen LogP contribution in [0, 0.1) is 6.92 Å². The molecule has 3 heteroatoms. The highest BCUT2D eigenvalue weighted by Crippen LogP contribution is 2.41. The molecule has 1 unspecified atom stereocenters. The van der Waals surface area contributed by atoms with Crippen LogP contribution in [0.3, 0.4) is 0 Å². The Bertz CT molecular complexity index is 429. The van der Waals surface area contributed by atoms with E-state index in [0.717, 1.165) is 38.3 Å². The number of hydrogen-bond acceptors (Lipinski definition) is 3. The highest BCUT2D eigenvalue weighted by molar-refractivity contribution is 5.46. The van der Waals surface area contributed by atoms with E-state index in [0.29, 0.717) is 6.54 Å². The van der Waals surface area contributed by atoms with Gasteiger partial charge in [0.05, 0.1) is 12.1 Å². The fourth-order valence-electron chi connectivity index (χ4n) is 3.38. The molecule has 0 aliphatic carbocycles. The van der Waals surface area contributed by atoms with Crippen molar-refractivity contribution in [3.63, 3.8) is 0 Å². The molecule has 1 aromatic carbocycles. The molecule has 19 heavy (non-hydrogen) atoms. The van der Waals surface area contributed by atoms with E-state index in [1.165, 1.54) is 11.1 Å². The molecule has 0 aromatic heterocycles. The normalized spacial score (nSPS) is 22.8. The molecule has 0 amide bonds. The second kappa shape index (κ2) is 5.93. The first-order chi connectivity index (χ1) is 9.19. The van der Waals surface area contributed by atoms with Gasteiger partial charge >= 0.3 is 0 Å². The number of nitrogens with zero attached hydrogens (tertiary/aromatic N) is 1. The van der Waals surface area contributed by atoms with Crippen LogP contribution in [0.5, 0.6) is 5.75 Å². The summed E-state index contributed by atoms with van der Waals surface area (Å²) in [6.45, 7) is 10.0. The van der Waals surface area contributed by atoms with Crippen LogP contribution in [-0.4, -0.2) is 31.1 Å². The molecule has 1 aliphatic rings. The van der Waals surface area contributed by atoms with Crippen molar-refractivity contribution in [1.29, 1.82) is 0 Å². The van der Waals surface area contributed by atoms with Crippen molar-refractivity contribution in [2.75, 3.05) is 26.2 Å². The van der Waals surface area contributed by atoms with E-state index in [1.54, 1.807) is 0 Å². The number of nitrogens with two attached hydrogens (primary N) is 1. The van der Waals surface area contributed by atoms with Gasteiger partial charge < -0.3 is 10.5 Å². The van der Waals surface area contributed by atoms with Crippen molar-refractivity contribution >= 4 is 0 Å².